The van der Waals surface area contributed by atoms with Crippen molar-refractivity contribution in [1.29, 1.82) is 0 Å². The average molecular weight is 201 g/mol. The molecule has 0 spiro atoms. The van der Waals surface area contributed by atoms with Crippen molar-refractivity contribution in [2.45, 2.75) is 18.4 Å². The van der Waals surface area contributed by atoms with Crippen LogP contribution in [0.1, 0.15) is 12.8 Å². The molecule has 0 aliphatic carbocycles. The van der Waals surface area contributed by atoms with Crippen LogP contribution in [0.15, 0.2) is 0 Å². The SMILES string of the molecule is OC1(CN2CCOCC2)CCOCC1. The maximum Gasteiger partial charge on any atom is 0.0817 e. The molecular formula is C10H19NO3. The molecule has 4 nitrogen and oxygen atoms in total. The van der Waals surface area contributed by atoms with Gasteiger partial charge >= 0.3 is 0 Å². The topological polar surface area (TPSA) is 41.9 Å². The highest BCUT2D eigenvalue weighted by Crippen LogP contribution is 2.21. The Morgan fingerprint density at radius 1 is 1.00 bits per heavy atom. The second-order valence-electron chi connectivity index (χ2n) is 4.23. The standard InChI is InChI=1S/C10H19NO3/c12-10(1-5-13-6-2-10)9-11-3-7-14-8-4-11/h12H,1-9H2. The highest BCUT2D eigenvalue weighted by molar-refractivity contribution is 4.85. The molecule has 0 saturated carbocycles. The fraction of sp³-hybridized carbons (Fsp3) is 1.00. The van der Waals surface area contributed by atoms with Crippen LogP contribution in [0.3, 0.4) is 0 Å². The Morgan fingerprint density at radius 3 is 2.21 bits per heavy atom. The minimum atomic E-state index is -0.518. The van der Waals surface area contributed by atoms with Gasteiger partial charge in [0.25, 0.3) is 0 Å². The van der Waals surface area contributed by atoms with Crippen molar-refractivity contribution in [3.8, 4) is 0 Å². The summed E-state index contributed by atoms with van der Waals surface area (Å²) in [6.07, 6.45) is 1.54. The molecule has 14 heavy (non-hydrogen) atoms. The third kappa shape index (κ3) is 2.67. The van der Waals surface area contributed by atoms with Crippen LogP contribution in [0, 0.1) is 0 Å². The van der Waals surface area contributed by atoms with Gasteiger partial charge in [0, 0.05) is 45.7 Å². The first kappa shape index (κ1) is 10.4. The Labute approximate surface area is 84.8 Å². The summed E-state index contributed by atoms with van der Waals surface area (Å²) in [6, 6.07) is 0. The lowest BCUT2D eigenvalue weighted by Crippen LogP contribution is -2.49. The summed E-state index contributed by atoms with van der Waals surface area (Å²) >= 11 is 0. The van der Waals surface area contributed by atoms with Gasteiger partial charge in [0.2, 0.25) is 0 Å². The molecule has 2 aliphatic rings. The van der Waals surface area contributed by atoms with Crippen molar-refractivity contribution in [2.75, 3.05) is 46.1 Å². The molecule has 0 bridgehead atoms. The van der Waals surface area contributed by atoms with E-state index in [-0.39, 0.29) is 0 Å². The van der Waals surface area contributed by atoms with Crippen molar-refractivity contribution >= 4 is 0 Å². The van der Waals surface area contributed by atoms with E-state index in [0.717, 1.165) is 45.7 Å². The largest absolute Gasteiger partial charge is 0.388 e. The van der Waals surface area contributed by atoms with E-state index < -0.39 is 5.60 Å². The van der Waals surface area contributed by atoms with Gasteiger partial charge in [-0.15, -0.1) is 0 Å². The molecule has 2 saturated heterocycles. The number of rotatable bonds is 2. The van der Waals surface area contributed by atoms with Crippen LogP contribution < -0.4 is 0 Å². The van der Waals surface area contributed by atoms with Crippen molar-refractivity contribution in [1.82, 2.24) is 4.90 Å². The van der Waals surface area contributed by atoms with E-state index >= 15 is 0 Å². The van der Waals surface area contributed by atoms with Crippen molar-refractivity contribution in [2.24, 2.45) is 0 Å². The Morgan fingerprint density at radius 2 is 1.57 bits per heavy atom. The molecule has 4 heteroatoms. The Kier molecular flexibility index (Phi) is 3.38. The highest BCUT2D eigenvalue weighted by atomic mass is 16.5. The zero-order valence-electron chi connectivity index (χ0n) is 8.57. The smallest absolute Gasteiger partial charge is 0.0817 e. The van der Waals surface area contributed by atoms with Gasteiger partial charge in [-0.2, -0.15) is 0 Å². The molecular weight excluding hydrogens is 182 g/mol. The van der Waals surface area contributed by atoms with Gasteiger partial charge in [0.05, 0.1) is 18.8 Å². The average Bonchev–Trinajstić information content (AvgIpc) is 2.19. The lowest BCUT2D eigenvalue weighted by atomic mass is 9.93. The normalized spacial score (nSPS) is 28.9. The van der Waals surface area contributed by atoms with Gasteiger partial charge in [-0.25, -0.2) is 0 Å². The highest BCUT2D eigenvalue weighted by Gasteiger charge is 2.32. The summed E-state index contributed by atoms with van der Waals surface area (Å²) in [5.41, 5.74) is -0.518. The van der Waals surface area contributed by atoms with Crippen LogP contribution in [-0.2, 0) is 9.47 Å². The van der Waals surface area contributed by atoms with Crippen molar-refractivity contribution in [3.63, 3.8) is 0 Å². The summed E-state index contributed by atoms with van der Waals surface area (Å²) in [4.78, 5) is 2.29. The number of nitrogens with zero attached hydrogens (tertiary/aromatic N) is 1. The molecule has 0 radical (unpaired) electrons. The predicted octanol–water partition coefficient (Wildman–Crippen LogP) is -0.140. The molecule has 2 heterocycles. The second-order valence-corrected chi connectivity index (χ2v) is 4.23. The van der Waals surface area contributed by atoms with E-state index in [2.05, 4.69) is 4.90 Å². The molecule has 0 atom stereocenters. The summed E-state index contributed by atoms with van der Waals surface area (Å²) in [5.74, 6) is 0. The number of ether oxygens (including phenoxy) is 2. The van der Waals surface area contributed by atoms with Crippen LogP contribution >= 0.6 is 0 Å². The number of morpholine rings is 1. The molecule has 0 aromatic heterocycles. The molecule has 2 rings (SSSR count). The Bertz CT molecular complexity index is 174. The first-order valence-electron chi connectivity index (χ1n) is 5.39. The summed E-state index contributed by atoms with van der Waals surface area (Å²) in [7, 11) is 0. The zero-order valence-corrected chi connectivity index (χ0v) is 8.57. The molecule has 0 amide bonds. The summed E-state index contributed by atoms with van der Waals surface area (Å²) in [5, 5.41) is 10.3. The minimum Gasteiger partial charge on any atom is -0.388 e. The van der Waals surface area contributed by atoms with E-state index in [1.165, 1.54) is 0 Å². The molecule has 2 aliphatic heterocycles. The van der Waals surface area contributed by atoms with Gasteiger partial charge in [0.1, 0.15) is 0 Å². The maximum atomic E-state index is 10.3. The number of hydrogen-bond donors (Lipinski definition) is 1. The van der Waals surface area contributed by atoms with Gasteiger partial charge in [-0.05, 0) is 0 Å². The lowest BCUT2D eigenvalue weighted by Gasteiger charge is -2.38. The third-order valence-corrected chi connectivity index (χ3v) is 3.05. The van der Waals surface area contributed by atoms with Crippen LogP contribution in [0.25, 0.3) is 0 Å². The van der Waals surface area contributed by atoms with E-state index in [1.54, 1.807) is 0 Å². The van der Waals surface area contributed by atoms with E-state index in [0.29, 0.717) is 13.2 Å². The van der Waals surface area contributed by atoms with Gasteiger partial charge in [-0.3, -0.25) is 4.90 Å². The van der Waals surface area contributed by atoms with Crippen LogP contribution in [-0.4, -0.2) is 61.7 Å². The number of β-amino-alcohol motifs (C(OH)–C–C–N with tert-alkyl or cyclic N) is 1. The summed E-state index contributed by atoms with van der Waals surface area (Å²) in [6.45, 7) is 5.66. The first-order valence-corrected chi connectivity index (χ1v) is 5.39. The van der Waals surface area contributed by atoms with Crippen molar-refractivity contribution in [3.05, 3.63) is 0 Å². The van der Waals surface area contributed by atoms with E-state index in [9.17, 15) is 5.11 Å². The van der Waals surface area contributed by atoms with Gasteiger partial charge in [0.15, 0.2) is 0 Å². The van der Waals surface area contributed by atoms with Gasteiger partial charge in [-0.1, -0.05) is 0 Å². The Balaban J connectivity index is 1.81. The summed E-state index contributed by atoms with van der Waals surface area (Å²) < 4.78 is 10.5. The van der Waals surface area contributed by atoms with E-state index in [4.69, 9.17) is 9.47 Å². The lowest BCUT2D eigenvalue weighted by molar-refractivity contribution is -0.0906. The predicted molar refractivity (Wildman–Crippen MR) is 52.3 cm³/mol. The maximum absolute atomic E-state index is 10.3. The molecule has 2 fully saturated rings. The molecule has 0 aromatic rings. The second kappa shape index (κ2) is 4.57. The Hall–Kier alpha value is -0.160. The molecule has 0 aromatic carbocycles. The van der Waals surface area contributed by atoms with Crippen LogP contribution in [0.5, 0.6) is 0 Å². The van der Waals surface area contributed by atoms with Crippen LogP contribution in [0.4, 0.5) is 0 Å². The zero-order chi connectivity index (χ0) is 9.86. The molecule has 1 N–H and O–H groups in total. The third-order valence-electron chi connectivity index (χ3n) is 3.05. The van der Waals surface area contributed by atoms with Crippen LogP contribution in [0.2, 0.25) is 0 Å². The van der Waals surface area contributed by atoms with Gasteiger partial charge < -0.3 is 14.6 Å². The molecule has 82 valence electrons. The molecule has 0 unspecified atom stereocenters. The first-order chi connectivity index (χ1) is 6.79. The monoisotopic (exact) mass is 201 g/mol. The quantitative estimate of drug-likeness (QED) is 0.675. The number of hydrogen-bond acceptors (Lipinski definition) is 4. The number of aliphatic hydroxyl groups is 1. The minimum absolute atomic E-state index is 0.518. The fourth-order valence-electron chi connectivity index (χ4n) is 2.08. The fourth-order valence-corrected chi connectivity index (χ4v) is 2.08. The van der Waals surface area contributed by atoms with Crippen molar-refractivity contribution < 1.29 is 14.6 Å². The van der Waals surface area contributed by atoms with E-state index in [1.807, 2.05) is 0 Å².